The Labute approximate surface area is 106 Å². The molecule has 0 spiro atoms. The highest BCUT2D eigenvalue weighted by molar-refractivity contribution is 5.81. The van der Waals surface area contributed by atoms with Gasteiger partial charge in [0.1, 0.15) is 11.8 Å². The van der Waals surface area contributed by atoms with Crippen LogP contribution in [0.4, 0.5) is 5.82 Å². The molecule has 2 aromatic heterocycles. The van der Waals surface area contributed by atoms with Gasteiger partial charge in [-0.25, -0.2) is 15.0 Å². The third-order valence-electron chi connectivity index (χ3n) is 3.47. The van der Waals surface area contributed by atoms with Gasteiger partial charge < -0.3 is 15.6 Å². The molecule has 2 aromatic rings. The topological polar surface area (TPSA) is 78.5 Å². The van der Waals surface area contributed by atoms with E-state index in [0.29, 0.717) is 5.65 Å². The lowest BCUT2D eigenvalue weighted by atomic mass is 9.96. The van der Waals surface area contributed by atoms with E-state index >= 15 is 0 Å². The Kier molecular flexibility index (Phi) is 3.36. The van der Waals surface area contributed by atoms with Crippen molar-refractivity contribution in [2.75, 3.05) is 25.0 Å². The number of aromatic amines is 1. The van der Waals surface area contributed by atoms with Gasteiger partial charge in [0, 0.05) is 6.54 Å². The molecule has 1 saturated heterocycles. The molecule has 6 nitrogen and oxygen atoms in total. The summed E-state index contributed by atoms with van der Waals surface area (Å²) in [5.74, 6) is 1.63. The molecule has 6 heteroatoms. The molecule has 0 radical (unpaired) electrons. The van der Waals surface area contributed by atoms with Gasteiger partial charge in [-0.15, -0.1) is 0 Å². The number of rotatable bonds is 4. The summed E-state index contributed by atoms with van der Waals surface area (Å²) < 4.78 is 0. The zero-order valence-electron chi connectivity index (χ0n) is 10.3. The van der Waals surface area contributed by atoms with Crippen LogP contribution in [0.25, 0.3) is 11.2 Å². The molecule has 1 aliphatic heterocycles. The molecule has 0 saturated carbocycles. The lowest BCUT2D eigenvalue weighted by molar-refractivity contribution is 0.364. The van der Waals surface area contributed by atoms with Crippen LogP contribution in [0.15, 0.2) is 12.7 Å². The van der Waals surface area contributed by atoms with Crippen LogP contribution in [0.1, 0.15) is 19.3 Å². The summed E-state index contributed by atoms with van der Waals surface area (Å²) in [5.41, 5.74) is 1.60. The van der Waals surface area contributed by atoms with Crippen LogP contribution in [0.3, 0.4) is 0 Å². The first-order valence-electron chi connectivity index (χ1n) is 6.52. The van der Waals surface area contributed by atoms with Crippen molar-refractivity contribution < 1.29 is 0 Å². The first kappa shape index (κ1) is 11.4. The summed E-state index contributed by atoms with van der Waals surface area (Å²) in [6.07, 6.45) is 7.00. The Hall–Kier alpha value is -1.69. The SMILES string of the molecule is c1nc(NCCC2CCCNC2)c2[nH]cnc2n1. The standard InChI is InChI=1S/C12H18N6/c1-2-9(6-13-4-1)3-5-14-11-10-12(16-7-15-10)18-8-17-11/h7-9,13H,1-6H2,(H2,14,15,16,17,18). The van der Waals surface area contributed by atoms with E-state index in [1.54, 1.807) is 12.7 Å². The van der Waals surface area contributed by atoms with E-state index in [4.69, 9.17) is 0 Å². The van der Waals surface area contributed by atoms with Crippen molar-refractivity contribution in [3.05, 3.63) is 12.7 Å². The molecule has 0 aromatic carbocycles. The van der Waals surface area contributed by atoms with E-state index in [1.807, 2.05) is 0 Å². The second-order valence-corrected chi connectivity index (χ2v) is 4.75. The van der Waals surface area contributed by atoms with Crippen molar-refractivity contribution in [2.24, 2.45) is 5.92 Å². The van der Waals surface area contributed by atoms with Crippen LogP contribution in [0, 0.1) is 5.92 Å². The lowest BCUT2D eigenvalue weighted by Gasteiger charge is -2.22. The van der Waals surface area contributed by atoms with Gasteiger partial charge in [0.05, 0.1) is 6.33 Å². The van der Waals surface area contributed by atoms with E-state index in [0.717, 1.165) is 30.3 Å². The maximum absolute atomic E-state index is 4.25. The fraction of sp³-hybridized carbons (Fsp3) is 0.583. The van der Waals surface area contributed by atoms with Gasteiger partial charge in [-0.1, -0.05) is 0 Å². The molecule has 3 N–H and O–H groups in total. The molecular weight excluding hydrogens is 228 g/mol. The number of piperidine rings is 1. The number of nitrogens with one attached hydrogen (secondary N) is 3. The van der Waals surface area contributed by atoms with Crippen molar-refractivity contribution in [3.8, 4) is 0 Å². The third kappa shape index (κ3) is 2.43. The molecule has 3 heterocycles. The normalized spacial score (nSPS) is 20.1. The Morgan fingerprint density at radius 2 is 2.33 bits per heavy atom. The van der Waals surface area contributed by atoms with Gasteiger partial charge in [-0.3, -0.25) is 0 Å². The van der Waals surface area contributed by atoms with Crippen molar-refractivity contribution >= 4 is 17.0 Å². The highest BCUT2D eigenvalue weighted by Crippen LogP contribution is 2.17. The Morgan fingerprint density at radius 3 is 3.22 bits per heavy atom. The molecule has 1 unspecified atom stereocenters. The predicted octanol–water partition coefficient (Wildman–Crippen LogP) is 1.15. The molecule has 0 aliphatic carbocycles. The molecule has 0 bridgehead atoms. The lowest BCUT2D eigenvalue weighted by Crippen LogP contribution is -2.30. The quantitative estimate of drug-likeness (QED) is 0.754. The summed E-state index contributed by atoms with van der Waals surface area (Å²) in [6, 6.07) is 0. The van der Waals surface area contributed by atoms with E-state index in [9.17, 15) is 0 Å². The number of aromatic nitrogens is 4. The number of imidazole rings is 1. The highest BCUT2D eigenvalue weighted by atomic mass is 15.1. The first-order chi connectivity index (χ1) is 8.93. The number of fused-ring (bicyclic) bond motifs is 1. The zero-order valence-corrected chi connectivity index (χ0v) is 10.3. The Bertz CT molecular complexity index is 502. The second kappa shape index (κ2) is 5.30. The molecule has 96 valence electrons. The Morgan fingerprint density at radius 1 is 1.33 bits per heavy atom. The fourth-order valence-corrected chi connectivity index (χ4v) is 2.46. The maximum atomic E-state index is 4.25. The molecule has 1 fully saturated rings. The predicted molar refractivity (Wildman–Crippen MR) is 70.4 cm³/mol. The number of hydrogen-bond donors (Lipinski definition) is 3. The fourth-order valence-electron chi connectivity index (χ4n) is 2.46. The zero-order chi connectivity index (χ0) is 12.2. The van der Waals surface area contributed by atoms with Crippen molar-refractivity contribution in [1.82, 2.24) is 25.3 Å². The maximum Gasteiger partial charge on any atom is 0.182 e. The molecule has 1 aliphatic rings. The smallest absolute Gasteiger partial charge is 0.182 e. The summed E-state index contributed by atoms with van der Waals surface area (Å²) in [7, 11) is 0. The summed E-state index contributed by atoms with van der Waals surface area (Å²) in [6.45, 7) is 3.26. The minimum atomic E-state index is 0.715. The van der Waals surface area contributed by atoms with Gasteiger partial charge in [-0.05, 0) is 38.3 Å². The number of anilines is 1. The second-order valence-electron chi connectivity index (χ2n) is 4.75. The average Bonchev–Trinajstić information content (AvgIpc) is 2.89. The molecule has 0 amide bonds. The molecular formula is C12H18N6. The minimum absolute atomic E-state index is 0.715. The summed E-state index contributed by atoms with van der Waals surface area (Å²) >= 11 is 0. The van der Waals surface area contributed by atoms with Crippen LogP contribution in [0.5, 0.6) is 0 Å². The third-order valence-corrected chi connectivity index (χ3v) is 3.47. The van der Waals surface area contributed by atoms with Crippen molar-refractivity contribution in [2.45, 2.75) is 19.3 Å². The molecule has 1 atom stereocenters. The highest BCUT2D eigenvalue weighted by Gasteiger charge is 2.12. The Balaban J connectivity index is 1.57. The summed E-state index contributed by atoms with van der Waals surface area (Å²) in [5, 5.41) is 6.81. The van der Waals surface area contributed by atoms with Gasteiger partial charge in [-0.2, -0.15) is 0 Å². The van der Waals surface area contributed by atoms with Crippen LogP contribution < -0.4 is 10.6 Å². The minimum Gasteiger partial charge on any atom is -0.368 e. The largest absolute Gasteiger partial charge is 0.368 e. The molecule has 3 rings (SSSR count). The van der Waals surface area contributed by atoms with Crippen molar-refractivity contribution in [1.29, 1.82) is 0 Å². The number of H-pyrrole nitrogens is 1. The number of hydrogen-bond acceptors (Lipinski definition) is 5. The monoisotopic (exact) mass is 246 g/mol. The first-order valence-corrected chi connectivity index (χ1v) is 6.52. The van der Waals surface area contributed by atoms with Gasteiger partial charge in [0.15, 0.2) is 11.5 Å². The van der Waals surface area contributed by atoms with E-state index in [1.165, 1.54) is 25.8 Å². The van der Waals surface area contributed by atoms with Gasteiger partial charge in [0.25, 0.3) is 0 Å². The van der Waals surface area contributed by atoms with Gasteiger partial charge >= 0.3 is 0 Å². The van der Waals surface area contributed by atoms with Crippen LogP contribution in [-0.2, 0) is 0 Å². The van der Waals surface area contributed by atoms with Crippen LogP contribution in [0.2, 0.25) is 0 Å². The van der Waals surface area contributed by atoms with Crippen molar-refractivity contribution in [3.63, 3.8) is 0 Å². The van der Waals surface area contributed by atoms with Crippen LogP contribution in [-0.4, -0.2) is 39.6 Å². The average molecular weight is 246 g/mol. The van der Waals surface area contributed by atoms with E-state index < -0.39 is 0 Å². The van der Waals surface area contributed by atoms with Crippen LogP contribution >= 0.6 is 0 Å². The summed E-state index contributed by atoms with van der Waals surface area (Å²) in [4.78, 5) is 15.5. The molecule has 18 heavy (non-hydrogen) atoms. The van der Waals surface area contributed by atoms with Gasteiger partial charge in [0.2, 0.25) is 0 Å². The van der Waals surface area contributed by atoms with E-state index in [-0.39, 0.29) is 0 Å². The number of nitrogens with zero attached hydrogens (tertiary/aromatic N) is 3. The van der Waals surface area contributed by atoms with E-state index in [2.05, 4.69) is 30.6 Å².